The number of aromatic amines is 1. The van der Waals surface area contributed by atoms with Crippen LogP contribution in [0.1, 0.15) is 10.5 Å². The van der Waals surface area contributed by atoms with Crippen LogP contribution in [-0.4, -0.2) is 35.7 Å². The number of amides is 1. The number of benzene rings is 1. The Morgan fingerprint density at radius 1 is 1.32 bits per heavy atom. The van der Waals surface area contributed by atoms with Crippen molar-refractivity contribution in [3.05, 3.63) is 46.4 Å². The van der Waals surface area contributed by atoms with Crippen molar-refractivity contribution >= 4 is 27.7 Å². The Morgan fingerprint density at radius 2 is 2.09 bits per heavy atom. The van der Waals surface area contributed by atoms with Crippen LogP contribution in [0.15, 0.2) is 35.1 Å². The number of hydrogen-bond donors (Lipinski definition) is 2. The van der Waals surface area contributed by atoms with Crippen LogP contribution in [0.25, 0.3) is 21.8 Å². The molecule has 6 nitrogen and oxygen atoms in total. The maximum atomic E-state index is 12.3. The monoisotopic (exact) mass is 299 g/mol. The summed E-state index contributed by atoms with van der Waals surface area (Å²) in [6, 6.07) is 9.18. The van der Waals surface area contributed by atoms with Gasteiger partial charge in [0.1, 0.15) is 5.69 Å². The van der Waals surface area contributed by atoms with E-state index in [1.807, 2.05) is 24.3 Å². The zero-order chi connectivity index (χ0) is 15.7. The van der Waals surface area contributed by atoms with Crippen molar-refractivity contribution in [1.82, 2.24) is 14.9 Å². The molecule has 0 saturated carbocycles. The normalized spacial score (nSPS) is 11.2. The van der Waals surface area contributed by atoms with E-state index in [4.69, 9.17) is 4.74 Å². The van der Waals surface area contributed by atoms with Crippen molar-refractivity contribution < 1.29 is 9.53 Å². The van der Waals surface area contributed by atoms with Gasteiger partial charge in [-0.05, 0) is 12.1 Å². The first kappa shape index (κ1) is 14.3. The van der Waals surface area contributed by atoms with E-state index in [1.165, 1.54) is 0 Å². The van der Waals surface area contributed by atoms with Crippen molar-refractivity contribution in [3.8, 4) is 0 Å². The van der Waals surface area contributed by atoms with Gasteiger partial charge in [-0.25, -0.2) is 0 Å². The summed E-state index contributed by atoms with van der Waals surface area (Å²) in [7, 11) is 3.37. The fourth-order valence-electron chi connectivity index (χ4n) is 2.67. The number of para-hydroxylation sites is 1. The third kappa shape index (κ3) is 2.27. The third-order valence-corrected chi connectivity index (χ3v) is 3.73. The Bertz CT molecular complexity index is 908. The molecular formula is C16H17N3O3. The molecule has 0 spiro atoms. The summed E-state index contributed by atoms with van der Waals surface area (Å²) in [5.41, 5.74) is 1.77. The molecule has 22 heavy (non-hydrogen) atoms. The van der Waals surface area contributed by atoms with Crippen molar-refractivity contribution in [1.29, 1.82) is 0 Å². The van der Waals surface area contributed by atoms with E-state index in [0.29, 0.717) is 24.2 Å². The lowest BCUT2D eigenvalue weighted by Crippen LogP contribution is -2.28. The van der Waals surface area contributed by atoms with Gasteiger partial charge in [0.15, 0.2) is 0 Å². The summed E-state index contributed by atoms with van der Waals surface area (Å²) in [6.45, 7) is 0.868. The summed E-state index contributed by atoms with van der Waals surface area (Å²) in [5, 5.41) is 4.20. The first-order chi connectivity index (χ1) is 10.6. The number of pyridine rings is 1. The summed E-state index contributed by atoms with van der Waals surface area (Å²) >= 11 is 0. The molecule has 0 unspecified atom stereocenters. The number of hydrogen-bond acceptors (Lipinski definition) is 3. The van der Waals surface area contributed by atoms with E-state index in [9.17, 15) is 9.59 Å². The van der Waals surface area contributed by atoms with Crippen molar-refractivity contribution in [2.24, 2.45) is 7.05 Å². The second-order valence-electron chi connectivity index (χ2n) is 5.10. The highest BCUT2D eigenvalue weighted by Crippen LogP contribution is 2.23. The highest BCUT2D eigenvalue weighted by atomic mass is 16.5. The van der Waals surface area contributed by atoms with Gasteiger partial charge in [0.2, 0.25) is 0 Å². The molecule has 2 heterocycles. The Labute approximate surface area is 126 Å². The number of aromatic nitrogens is 2. The van der Waals surface area contributed by atoms with Gasteiger partial charge in [0.05, 0.1) is 23.0 Å². The van der Waals surface area contributed by atoms with Gasteiger partial charge in [0, 0.05) is 26.1 Å². The highest BCUT2D eigenvalue weighted by molar-refractivity contribution is 6.07. The zero-order valence-corrected chi connectivity index (χ0v) is 12.5. The lowest BCUT2D eigenvalue weighted by Gasteiger charge is -2.07. The maximum absolute atomic E-state index is 12.3. The second kappa shape index (κ2) is 5.65. The van der Waals surface area contributed by atoms with Gasteiger partial charge in [-0.2, -0.15) is 0 Å². The molecule has 0 bridgehead atoms. The fraction of sp³-hybridized carbons (Fsp3) is 0.250. The third-order valence-electron chi connectivity index (χ3n) is 3.73. The van der Waals surface area contributed by atoms with Crippen LogP contribution in [-0.2, 0) is 11.8 Å². The molecule has 6 heteroatoms. The molecule has 3 rings (SSSR count). The number of carbonyl (C=O) groups excluding carboxylic acids is 1. The Hall–Kier alpha value is -2.60. The first-order valence-electron chi connectivity index (χ1n) is 7.01. The van der Waals surface area contributed by atoms with Gasteiger partial charge in [0.25, 0.3) is 11.5 Å². The minimum absolute atomic E-state index is 0.194. The molecule has 0 radical (unpaired) electrons. The SMILES string of the molecule is COCCNC(=O)c1cc2c(=O)[nH]c3ccccc3c2n1C. The van der Waals surface area contributed by atoms with E-state index in [-0.39, 0.29) is 11.5 Å². The molecule has 3 aromatic rings. The standard InChI is InChI=1S/C16H17N3O3/c1-19-13(16(21)17-7-8-22-2)9-11-14(19)10-5-3-4-6-12(10)18-15(11)20/h3-6,9H,7-8H2,1-2H3,(H,17,21)(H,18,20). The number of fused-ring (bicyclic) bond motifs is 3. The maximum Gasteiger partial charge on any atom is 0.268 e. The minimum atomic E-state index is -0.223. The van der Waals surface area contributed by atoms with Gasteiger partial charge in [-0.15, -0.1) is 0 Å². The lowest BCUT2D eigenvalue weighted by molar-refractivity contribution is 0.0929. The molecule has 1 aromatic carbocycles. The number of H-pyrrole nitrogens is 1. The van der Waals surface area contributed by atoms with E-state index in [0.717, 1.165) is 16.4 Å². The topological polar surface area (TPSA) is 76.1 Å². The number of carbonyl (C=O) groups is 1. The average molecular weight is 299 g/mol. The summed E-state index contributed by atoms with van der Waals surface area (Å²) in [4.78, 5) is 27.3. The number of methoxy groups -OCH3 is 1. The highest BCUT2D eigenvalue weighted by Gasteiger charge is 2.17. The molecule has 0 atom stereocenters. The Balaban J connectivity index is 2.16. The van der Waals surface area contributed by atoms with Gasteiger partial charge in [-0.3, -0.25) is 9.59 Å². The number of aryl methyl sites for hydroxylation is 1. The van der Waals surface area contributed by atoms with Gasteiger partial charge in [-0.1, -0.05) is 18.2 Å². The molecule has 2 N–H and O–H groups in total. The molecule has 0 fully saturated rings. The van der Waals surface area contributed by atoms with Crippen LogP contribution in [0, 0.1) is 0 Å². The average Bonchev–Trinajstić information content (AvgIpc) is 2.86. The first-order valence-corrected chi connectivity index (χ1v) is 7.01. The molecule has 2 aromatic heterocycles. The molecule has 0 saturated heterocycles. The molecule has 0 aliphatic rings. The van der Waals surface area contributed by atoms with E-state index in [1.54, 1.807) is 24.8 Å². The minimum Gasteiger partial charge on any atom is -0.383 e. The van der Waals surface area contributed by atoms with Crippen LogP contribution in [0.4, 0.5) is 0 Å². The Kier molecular flexibility index (Phi) is 3.68. The summed E-state index contributed by atoms with van der Waals surface area (Å²) in [5.74, 6) is -0.223. The zero-order valence-electron chi connectivity index (χ0n) is 12.5. The van der Waals surface area contributed by atoms with E-state index < -0.39 is 0 Å². The van der Waals surface area contributed by atoms with Crippen LogP contribution < -0.4 is 10.9 Å². The van der Waals surface area contributed by atoms with Crippen LogP contribution in [0.5, 0.6) is 0 Å². The van der Waals surface area contributed by atoms with Crippen molar-refractivity contribution in [3.63, 3.8) is 0 Å². The molecular weight excluding hydrogens is 282 g/mol. The van der Waals surface area contributed by atoms with E-state index in [2.05, 4.69) is 10.3 Å². The predicted molar refractivity (Wildman–Crippen MR) is 85.3 cm³/mol. The van der Waals surface area contributed by atoms with Crippen molar-refractivity contribution in [2.75, 3.05) is 20.3 Å². The molecule has 114 valence electrons. The fourth-order valence-corrected chi connectivity index (χ4v) is 2.67. The van der Waals surface area contributed by atoms with Crippen LogP contribution in [0.3, 0.4) is 0 Å². The van der Waals surface area contributed by atoms with Crippen molar-refractivity contribution in [2.45, 2.75) is 0 Å². The van der Waals surface area contributed by atoms with Crippen LogP contribution >= 0.6 is 0 Å². The smallest absolute Gasteiger partial charge is 0.268 e. The van der Waals surface area contributed by atoms with Gasteiger partial charge >= 0.3 is 0 Å². The summed E-state index contributed by atoms with van der Waals surface area (Å²) in [6.07, 6.45) is 0. The number of nitrogens with one attached hydrogen (secondary N) is 2. The largest absolute Gasteiger partial charge is 0.383 e. The number of ether oxygens (including phenoxy) is 1. The quantitative estimate of drug-likeness (QED) is 0.715. The Morgan fingerprint density at radius 3 is 2.86 bits per heavy atom. The predicted octanol–water partition coefficient (Wildman–Crippen LogP) is 1.40. The summed E-state index contributed by atoms with van der Waals surface area (Å²) < 4.78 is 6.68. The second-order valence-corrected chi connectivity index (χ2v) is 5.10. The lowest BCUT2D eigenvalue weighted by atomic mass is 10.1. The number of nitrogens with zero attached hydrogens (tertiary/aromatic N) is 1. The molecule has 0 aliphatic carbocycles. The van der Waals surface area contributed by atoms with Crippen LogP contribution in [0.2, 0.25) is 0 Å². The molecule has 0 aliphatic heterocycles. The van der Waals surface area contributed by atoms with E-state index >= 15 is 0 Å². The molecule has 1 amide bonds. The van der Waals surface area contributed by atoms with Gasteiger partial charge < -0.3 is 19.6 Å². The number of rotatable bonds is 4.